The zero-order valence-corrected chi connectivity index (χ0v) is 13.2. The van der Waals surface area contributed by atoms with Crippen LogP contribution in [-0.2, 0) is 14.3 Å². The van der Waals surface area contributed by atoms with Crippen molar-refractivity contribution >= 4 is 23.7 Å². The molecule has 0 spiro atoms. The molecule has 0 saturated carbocycles. The Balaban J connectivity index is 2.45. The van der Waals surface area contributed by atoms with E-state index in [2.05, 4.69) is 4.99 Å². The van der Waals surface area contributed by atoms with E-state index in [-0.39, 0.29) is 35.0 Å². The molecule has 6 nitrogen and oxygen atoms in total. The summed E-state index contributed by atoms with van der Waals surface area (Å²) >= 11 is 0. The van der Waals surface area contributed by atoms with Gasteiger partial charge < -0.3 is 14.9 Å². The minimum Gasteiger partial charge on any atom is -0.511 e. The third-order valence-corrected chi connectivity index (χ3v) is 3.90. The van der Waals surface area contributed by atoms with Gasteiger partial charge in [-0.05, 0) is 17.5 Å². The second-order valence-corrected chi connectivity index (χ2v) is 6.09. The molecule has 1 aromatic carbocycles. The number of ketones is 1. The van der Waals surface area contributed by atoms with Gasteiger partial charge in [-0.25, -0.2) is 0 Å². The van der Waals surface area contributed by atoms with Crippen LogP contribution in [0.2, 0.25) is 0 Å². The molecule has 0 aromatic heterocycles. The zero-order chi connectivity index (χ0) is 17.2. The molecule has 0 aliphatic heterocycles. The minimum absolute atomic E-state index is 0.0389. The van der Waals surface area contributed by atoms with Crippen LogP contribution >= 0.6 is 0 Å². The first-order valence-electron chi connectivity index (χ1n) is 7.14. The maximum absolute atomic E-state index is 12.3. The number of rotatable bonds is 3. The third-order valence-electron chi connectivity index (χ3n) is 3.90. The molecule has 2 rings (SSSR count). The molecule has 0 fully saturated rings. The fourth-order valence-electron chi connectivity index (χ4n) is 2.67. The van der Waals surface area contributed by atoms with Crippen LogP contribution in [0.3, 0.4) is 0 Å². The van der Waals surface area contributed by atoms with Crippen molar-refractivity contribution in [3.63, 3.8) is 0 Å². The Hall–Kier alpha value is -2.63. The molecule has 0 unspecified atom stereocenters. The van der Waals surface area contributed by atoms with E-state index in [9.17, 15) is 19.8 Å². The number of phenols is 1. The van der Waals surface area contributed by atoms with E-state index in [1.165, 1.54) is 19.4 Å². The number of aromatic hydroxyl groups is 1. The van der Waals surface area contributed by atoms with E-state index in [1.807, 2.05) is 0 Å². The van der Waals surface area contributed by atoms with E-state index >= 15 is 0 Å². The topological polar surface area (TPSA) is 96.2 Å². The van der Waals surface area contributed by atoms with Gasteiger partial charge in [-0.2, -0.15) is 0 Å². The van der Waals surface area contributed by atoms with Gasteiger partial charge in [-0.15, -0.1) is 0 Å². The number of hydrogen-bond acceptors (Lipinski definition) is 6. The molecule has 0 heterocycles. The maximum Gasteiger partial charge on any atom is 0.316 e. The van der Waals surface area contributed by atoms with Crippen LogP contribution < -0.4 is 0 Å². The van der Waals surface area contributed by atoms with Gasteiger partial charge in [0, 0.05) is 12.6 Å². The Morgan fingerprint density at radius 1 is 1.35 bits per heavy atom. The predicted octanol–water partition coefficient (Wildman–Crippen LogP) is 2.69. The van der Waals surface area contributed by atoms with E-state index in [0.717, 1.165) is 0 Å². The lowest BCUT2D eigenvalue weighted by Gasteiger charge is -2.35. The summed E-state index contributed by atoms with van der Waals surface area (Å²) in [7, 11) is 1.23. The molecule has 1 aromatic rings. The van der Waals surface area contributed by atoms with Crippen LogP contribution in [0.15, 0.2) is 40.6 Å². The van der Waals surface area contributed by atoms with Crippen molar-refractivity contribution in [2.45, 2.75) is 20.3 Å². The summed E-state index contributed by atoms with van der Waals surface area (Å²) in [6.07, 6.45) is 1.26. The molecule has 23 heavy (non-hydrogen) atoms. The highest BCUT2D eigenvalue weighted by Gasteiger charge is 2.46. The summed E-state index contributed by atoms with van der Waals surface area (Å²) in [5.41, 5.74) is -0.524. The summed E-state index contributed by atoms with van der Waals surface area (Å²) < 4.78 is 4.73. The van der Waals surface area contributed by atoms with Crippen LogP contribution in [0.4, 0.5) is 5.69 Å². The smallest absolute Gasteiger partial charge is 0.316 e. The number of carbonyl (C=O) groups excluding carboxylic acids is 2. The average molecular weight is 317 g/mol. The Morgan fingerprint density at radius 3 is 2.61 bits per heavy atom. The number of carbonyl (C=O) groups is 2. The van der Waals surface area contributed by atoms with E-state index in [4.69, 9.17) is 4.74 Å². The van der Waals surface area contributed by atoms with Crippen molar-refractivity contribution in [1.29, 1.82) is 0 Å². The Labute approximate surface area is 134 Å². The maximum atomic E-state index is 12.3. The van der Waals surface area contributed by atoms with Crippen LogP contribution in [0, 0.1) is 11.3 Å². The highest BCUT2D eigenvalue weighted by molar-refractivity contribution is 6.15. The Bertz CT molecular complexity index is 703. The first kappa shape index (κ1) is 16.7. The lowest BCUT2D eigenvalue weighted by molar-refractivity contribution is -0.150. The Morgan fingerprint density at radius 2 is 2.00 bits per heavy atom. The van der Waals surface area contributed by atoms with Gasteiger partial charge in [0.1, 0.15) is 23.1 Å². The standard InChI is InChI=1S/C17H19NO5/c1-17(2)8-13(20)10(15(21)14(17)16(22)23-3)9-18-11-6-4-5-7-12(11)19/h4-7,9,14,19,21H,8H2,1-3H3/t14-/m0/s1. The number of aliphatic hydroxyl groups excluding tert-OH is 1. The number of para-hydroxylation sites is 2. The fourth-order valence-corrected chi connectivity index (χ4v) is 2.67. The number of hydrogen-bond donors (Lipinski definition) is 2. The molecule has 0 saturated heterocycles. The summed E-state index contributed by atoms with van der Waals surface area (Å²) in [4.78, 5) is 28.3. The fraction of sp³-hybridized carbons (Fsp3) is 0.353. The summed E-state index contributed by atoms with van der Waals surface area (Å²) in [6, 6.07) is 6.36. The van der Waals surface area contributed by atoms with Gasteiger partial charge in [0.25, 0.3) is 0 Å². The largest absolute Gasteiger partial charge is 0.511 e. The van der Waals surface area contributed by atoms with E-state index < -0.39 is 17.3 Å². The number of ether oxygens (including phenoxy) is 1. The summed E-state index contributed by atoms with van der Waals surface area (Å²) in [5.74, 6) is -2.24. The molecular weight excluding hydrogens is 298 g/mol. The number of methoxy groups -OCH3 is 1. The highest BCUT2D eigenvalue weighted by atomic mass is 16.5. The van der Waals surface area contributed by atoms with Crippen molar-refractivity contribution in [1.82, 2.24) is 0 Å². The number of nitrogens with zero attached hydrogens (tertiary/aromatic N) is 1. The van der Waals surface area contributed by atoms with Crippen LogP contribution in [-0.4, -0.2) is 35.3 Å². The highest BCUT2D eigenvalue weighted by Crippen LogP contribution is 2.41. The molecule has 6 heteroatoms. The van der Waals surface area contributed by atoms with Gasteiger partial charge in [0.15, 0.2) is 5.78 Å². The number of aliphatic hydroxyl groups is 1. The van der Waals surface area contributed by atoms with Gasteiger partial charge in [-0.1, -0.05) is 26.0 Å². The van der Waals surface area contributed by atoms with Gasteiger partial charge in [-0.3, -0.25) is 14.6 Å². The van der Waals surface area contributed by atoms with Gasteiger partial charge in [0.2, 0.25) is 0 Å². The van der Waals surface area contributed by atoms with Crippen LogP contribution in [0.25, 0.3) is 0 Å². The van der Waals surface area contributed by atoms with Gasteiger partial charge in [0.05, 0.1) is 12.7 Å². The number of aliphatic imine (C=N–C) groups is 1. The van der Waals surface area contributed by atoms with Crippen LogP contribution in [0.5, 0.6) is 5.75 Å². The molecule has 2 N–H and O–H groups in total. The summed E-state index contributed by atoms with van der Waals surface area (Å²) in [6.45, 7) is 3.44. The number of Topliss-reactive ketones (excluding diaryl/α,β-unsaturated/α-hetero) is 1. The second kappa shape index (κ2) is 6.24. The number of allylic oxidation sites excluding steroid dienone is 1. The van der Waals surface area contributed by atoms with Crippen LogP contribution in [0.1, 0.15) is 20.3 Å². The second-order valence-electron chi connectivity index (χ2n) is 6.09. The van der Waals surface area contributed by atoms with Crippen molar-refractivity contribution in [2.75, 3.05) is 7.11 Å². The molecule has 1 aliphatic carbocycles. The van der Waals surface area contributed by atoms with Crippen molar-refractivity contribution in [2.24, 2.45) is 16.3 Å². The normalized spacial score (nSPS) is 20.8. The number of phenolic OH excluding ortho intramolecular Hbond substituents is 1. The predicted molar refractivity (Wildman–Crippen MR) is 84.8 cm³/mol. The minimum atomic E-state index is -0.934. The summed E-state index contributed by atoms with van der Waals surface area (Å²) in [5, 5.41) is 20.1. The number of benzene rings is 1. The molecule has 0 bridgehead atoms. The third kappa shape index (κ3) is 3.26. The SMILES string of the molecule is COC(=O)[C@@H]1C(O)=C(C=Nc2ccccc2O)C(=O)CC1(C)C. The monoisotopic (exact) mass is 317 g/mol. The molecule has 0 amide bonds. The average Bonchev–Trinajstić information content (AvgIpc) is 2.47. The Kier molecular flexibility index (Phi) is 4.54. The van der Waals surface area contributed by atoms with E-state index in [0.29, 0.717) is 0 Å². The quantitative estimate of drug-likeness (QED) is 0.660. The van der Waals surface area contributed by atoms with Crippen molar-refractivity contribution < 1.29 is 24.5 Å². The number of esters is 1. The molecule has 0 radical (unpaired) electrons. The van der Waals surface area contributed by atoms with Gasteiger partial charge >= 0.3 is 5.97 Å². The van der Waals surface area contributed by atoms with E-state index in [1.54, 1.807) is 32.0 Å². The first-order chi connectivity index (χ1) is 10.8. The lowest BCUT2D eigenvalue weighted by atomic mass is 9.68. The molecule has 1 aliphatic rings. The molecular formula is C17H19NO5. The van der Waals surface area contributed by atoms with Crippen molar-refractivity contribution in [3.8, 4) is 5.75 Å². The first-order valence-corrected chi connectivity index (χ1v) is 7.14. The lowest BCUT2D eigenvalue weighted by Crippen LogP contribution is -2.40. The molecule has 122 valence electrons. The zero-order valence-electron chi connectivity index (χ0n) is 13.2. The molecule has 1 atom stereocenters. The van der Waals surface area contributed by atoms with Crippen molar-refractivity contribution in [3.05, 3.63) is 35.6 Å².